The van der Waals surface area contributed by atoms with Crippen LogP contribution in [-0.4, -0.2) is 6.10 Å². The molecule has 0 aliphatic heterocycles. The average molecular weight is 340 g/mol. The summed E-state index contributed by atoms with van der Waals surface area (Å²) in [7, 11) is 0. The third-order valence-electron chi connectivity index (χ3n) is 2.53. The molecular formula is C15H18BrNOS. The summed E-state index contributed by atoms with van der Waals surface area (Å²) in [6.07, 6.45) is 0.215. The van der Waals surface area contributed by atoms with Gasteiger partial charge < -0.3 is 10.1 Å². The molecule has 1 aromatic heterocycles. The van der Waals surface area contributed by atoms with E-state index < -0.39 is 0 Å². The number of halogens is 1. The van der Waals surface area contributed by atoms with Crippen LogP contribution < -0.4 is 10.1 Å². The maximum absolute atomic E-state index is 5.69. The molecule has 2 nitrogen and oxygen atoms in total. The van der Waals surface area contributed by atoms with Gasteiger partial charge >= 0.3 is 0 Å². The Bertz CT molecular complexity index is 524. The molecule has 0 radical (unpaired) electrons. The number of ether oxygens (including phenoxy) is 1. The molecule has 0 spiro atoms. The molecule has 0 fully saturated rings. The highest BCUT2D eigenvalue weighted by Crippen LogP contribution is 2.22. The minimum atomic E-state index is 0.215. The van der Waals surface area contributed by atoms with E-state index in [9.17, 15) is 0 Å². The Labute approximate surface area is 126 Å². The fraction of sp³-hybridized carbons (Fsp3) is 0.333. The largest absolute Gasteiger partial charge is 0.491 e. The first-order chi connectivity index (χ1) is 9.13. The summed E-state index contributed by atoms with van der Waals surface area (Å²) in [6, 6.07) is 12.5. The summed E-state index contributed by atoms with van der Waals surface area (Å²) in [5.74, 6) is 0.938. The van der Waals surface area contributed by atoms with Crippen LogP contribution in [0.15, 0.2) is 40.2 Å². The molecule has 0 saturated heterocycles. The summed E-state index contributed by atoms with van der Waals surface area (Å²) in [5, 5.41) is 3.45. The molecule has 19 heavy (non-hydrogen) atoms. The first-order valence-corrected chi connectivity index (χ1v) is 7.95. The maximum Gasteiger partial charge on any atom is 0.120 e. The van der Waals surface area contributed by atoms with Crippen molar-refractivity contribution in [3.05, 3.63) is 50.6 Å². The second kappa shape index (κ2) is 7.08. The van der Waals surface area contributed by atoms with Crippen molar-refractivity contribution >= 4 is 27.3 Å². The van der Waals surface area contributed by atoms with Gasteiger partial charge in [-0.15, -0.1) is 11.3 Å². The number of thiophene rings is 1. The molecule has 1 N–H and O–H groups in total. The van der Waals surface area contributed by atoms with Gasteiger partial charge in [0.2, 0.25) is 0 Å². The van der Waals surface area contributed by atoms with Gasteiger partial charge in [0.15, 0.2) is 0 Å². The van der Waals surface area contributed by atoms with E-state index in [1.807, 2.05) is 26.0 Å². The fourth-order valence-electron chi connectivity index (χ4n) is 1.78. The van der Waals surface area contributed by atoms with E-state index in [2.05, 4.69) is 45.5 Å². The van der Waals surface area contributed by atoms with Crippen LogP contribution in [0, 0.1) is 0 Å². The third-order valence-corrected chi connectivity index (χ3v) is 4.15. The average Bonchev–Trinajstić information content (AvgIpc) is 2.75. The minimum absolute atomic E-state index is 0.215. The first kappa shape index (κ1) is 14.6. The van der Waals surface area contributed by atoms with Crippen LogP contribution in [0.5, 0.6) is 5.75 Å². The van der Waals surface area contributed by atoms with E-state index in [4.69, 9.17) is 4.74 Å². The molecule has 0 unspecified atom stereocenters. The van der Waals surface area contributed by atoms with Gasteiger partial charge in [0, 0.05) is 18.0 Å². The molecule has 4 heteroatoms. The minimum Gasteiger partial charge on any atom is -0.491 e. The Morgan fingerprint density at radius 3 is 2.74 bits per heavy atom. The van der Waals surface area contributed by atoms with Gasteiger partial charge in [-0.3, -0.25) is 0 Å². The Morgan fingerprint density at radius 2 is 2.05 bits per heavy atom. The molecule has 0 aliphatic carbocycles. The highest BCUT2D eigenvalue weighted by atomic mass is 79.9. The number of rotatable bonds is 6. The lowest BCUT2D eigenvalue weighted by molar-refractivity contribution is 0.242. The molecule has 0 aliphatic rings. The zero-order valence-corrected chi connectivity index (χ0v) is 13.6. The SMILES string of the molecule is CC(C)Oc1cccc(CNCc2ccc(Br)s2)c1. The molecule has 0 atom stereocenters. The van der Waals surface area contributed by atoms with Crippen molar-refractivity contribution in [3.63, 3.8) is 0 Å². The smallest absolute Gasteiger partial charge is 0.120 e. The molecule has 102 valence electrons. The predicted octanol–water partition coefficient (Wildman–Crippen LogP) is 4.59. The highest BCUT2D eigenvalue weighted by molar-refractivity contribution is 9.11. The fourth-order valence-corrected chi connectivity index (χ4v) is 3.23. The molecule has 0 bridgehead atoms. The lowest BCUT2D eigenvalue weighted by Crippen LogP contribution is -2.12. The molecule has 2 aromatic rings. The summed E-state index contributed by atoms with van der Waals surface area (Å²) < 4.78 is 6.87. The van der Waals surface area contributed by atoms with Crippen molar-refractivity contribution in [2.45, 2.75) is 33.0 Å². The predicted molar refractivity (Wildman–Crippen MR) is 84.8 cm³/mol. The van der Waals surface area contributed by atoms with Crippen molar-refractivity contribution in [2.24, 2.45) is 0 Å². The monoisotopic (exact) mass is 339 g/mol. The molecule has 2 rings (SSSR count). The van der Waals surface area contributed by atoms with Crippen molar-refractivity contribution in [3.8, 4) is 5.75 Å². The van der Waals surface area contributed by atoms with E-state index >= 15 is 0 Å². The van der Waals surface area contributed by atoms with Crippen LogP contribution in [0.3, 0.4) is 0 Å². The topological polar surface area (TPSA) is 21.3 Å². The molecule has 1 heterocycles. The number of nitrogens with one attached hydrogen (secondary N) is 1. The van der Waals surface area contributed by atoms with Crippen LogP contribution in [0.1, 0.15) is 24.3 Å². The standard InChI is InChI=1S/C15H18BrNOS/c1-11(2)18-13-5-3-4-12(8-13)9-17-10-14-6-7-15(16)19-14/h3-8,11,17H,9-10H2,1-2H3. The lowest BCUT2D eigenvalue weighted by atomic mass is 10.2. The number of benzene rings is 1. The molecular weight excluding hydrogens is 322 g/mol. The van der Waals surface area contributed by atoms with Crippen molar-refractivity contribution in [1.29, 1.82) is 0 Å². The highest BCUT2D eigenvalue weighted by Gasteiger charge is 2.01. The van der Waals surface area contributed by atoms with E-state index in [0.717, 1.165) is 18.8 Å². The Hall–Kier alpha value is -0.840. The first-order valence-electron chi connectivity index (χ1n) is 6.34. The summed E-state index contributed by atoms with van der Waals surface area (Å²) >= 11 is 5.24. The van der Waals surface area contributed by atoms with E-state index in [1.165, 1.54) is 14.2 Å². The van der Waals surface area contributed by atoms with Crippen LogP contribution in [0.25, 0.3) is 0 Å². The Morgan fingerprint density at radius 1 is 1.21 bits per heavy atom. The van der Waals surface area contributed by atoms with Crippen molar-refractivity contribution in [1.82, 2.24) is 5.32 Å². The lowest BCUT2D eigenvalue weighted by Gasteiger charge is -2.11. The van der Waals surface area contributed by atoms with Gasteiger partial charge in [0.1, 0.15) is 5.75 Å². The second-order valence-corrected chi connectivity index (χ2v) is 7.17. The van der Waals surface area contributed by atoms with Crippen molar-refractivity contribution in [2.75, 3.05) is 0 Å². The zero-order valence-electron chi connectivity index (χ0n) is 11.2. The van der Waals surface area contributed by atoms with Gasteiger partial charge in [-0.1, -0.05) is 12.1 Å². The van der Waals surface area contributed by atoms with E-state index in [1.54, 1.807) is 11.3 Å². The van der Waals surface area contributed by atoms with E-state index in [-0.39, 0.29) is 6.10 Å². The molecule has 1 aromatic carbocycles. The quantitative estimate of drug-likeness (QED) is 0.831. The van der Waals surface area contributed by atoms with E-state index in [0.29, 0.717) is 0 Å². The van der Waals surface area contributed by atoms with Gasteiger partial charge in [-0.25, -0.2) is 0 Å². The van der Waals surface area contributed by atoms with Gasteiger partial charge in [-0.2, -0.15) is 0 Å². The second-order valence-electron chi connectivity index (χ2n) is 4.62. The molecule has 0 saturated carbocycles. The van der Waals surface area contributed by atoms with Crippen LogP contribution in [0.2, 0.25) is 0 Å². The van der Waals surface area contributed by atoms with Crippen LogP contribution in [0.4, 0.5) is 0 Å². The normalized spacial score (nSPS) is 10.9. The number of hydrogen-bond acceptors (Lipinski definition) is 3. The maximum atomic E-state index is 5.69. The van der Waals surface area contributed by atoms with Crippen LogP contribution >= 0.6 is 27.3 Å². The zero-order chi connectivity index (χ0) is 13.7. The van der Waals surface area contributed by atoms with Gasteiger partial charge in [0.05, 0.1) is 9.89 Å². The van der Waals surface area contributed by atoms with Crippen LogP contribution in [-0.2, 0) is 13.1 Å². The third kappa shape index (κ3) is 4.97. The molecule has 0 amide bonds. The summed E-state index contributed by atoms with van der Waals surface area (Å²) in [4.78, 5) is 1.33. The Balaban J connectivity index is 1.85. The van der Waals surface area contributed by atoms with Gasteiger partial charge in [-0.05, 0) is 59.6 Å². The van der Waals surface area contributed by atoms with Crippen molar-refractivity contribution < 1.29 is 4.74 Å². The van der Waals surface area contributed by atoms with Gasteiger partial charge in [0.25, 0.3) is 0 Å². The number of hydrogen-bond donors (Lipinski definition) is 1. The summed E-state index contributed by atoms with van der Waals surface area (Å²) in [6.45, 7) is 5.83. The summed E-state index contributed by atoms with van der Waals surface area (Å²) in [5.41, 5.74) is 1.24. The Kier molecular flexibility index (Phi) is 5.43.